The molecular weight excluding hydrogens is 396 g/mol. The van der Waals surface area contributed by atoms with Crippen LogP contribution in [0.3, 0.4) is 0 Å². The molecule has 0 bridgehead atoms. The first-order valence-corrected chi connectivity index (χ1v) is 9.48. The zero-order valence-electron chi connectivity index (χ0n) is 16.6. The normalized spacial score (nSPS) is 10.7. The molecule has 0 unspecified atom stereocenters. The topological polar surface area (TPSA) is 62.8 Å². The second-order valence-electron chi connectivity index (χ2n) is 6.99. The van der Waals surface area contributed by atoms with Gasteiger partial charge < -0.3 is 15.0 Å². The summed E-state index contributed by atoms with van der Waals surface area (Å²) in [5, 5.41) is 4.56. The van der Waals surface area contributed by atoms with E-state index in [9.17, 15) is 0 Å². The molecule has 0 saturated heterocycles. The molecule has 0 atom stereocenters. The second kappa shape index (κ2) is 8.05. The lowest BCUT2D eigenvalue weighted by molar-refractivity contribution is 0.415. The van der Waals surface area contributed by atoms with E-state index < -0.39 is 0 Å². The lowest BCUT2D eigenvalue weighted by Gasteiger charge is -2.12. The number of hydrogen-bond donors (Lipinski definition) is 2. The number of benzene rings is 3. The summed E-state index contributed by atoms with van der Waals surface area (Å²) in [6.07, 6.45) is 0. The number of imidazole rings is 1. The number of anilines is 2. The minimum atomic E-state index is 0. The summed E-state index contributed by atoms with van der Waals surface area (Å²) >= 11 is 0. The van der Waals surface area contributed by atoms with Crippen LogP contribution in [0.4, 0.5) is 11.4 Å². The SMILES string of the molecule is COc1ccc(Nc2cc(C)[nH]c3ccc4nc(-c5ccccc5)nc4c23)cc1.Cl. The molecule has 2 aromatic heterocycles. The molecule has 5 rings (SSSR count). The van der Waals surface area contributed by atoms with Gasteiger partial charge in [-0.25, -0.2) is 9.97 Å². The summed E-state index contributed by atoms with van der Waals surface area (Å²) in [5.41, 5.74) is 6.84. The van der Waals surface area contributed by atoms with Gasteiger partial charge >= 0.3 is 0 Å². The predicted octanol–water partition coefficient (Wildman–Crippen LogP) is 6.26. The Labute approximate surface area is 180 Å². The molecule has 6 heteroatoms. The van der Waals surface area contributed by atoms with Crippen molar-refractivity contribution in [2.75, 3.05) is 12.4 Å². The lowest BCUT2D eigenvalue weighted by Crippen LogP contribution is -1.95. The van der Waals surface area contributed by atoms with Crippen LogP contribution in [-0.4, -0.2) is 22.1 Å². The molecule has 3 aromatic carbocycles. The van der Waals surface area contributed by atoms with Crippen molar-refractivity contribution in [3.8, 4) is 17.1 Å². The van der Waals surface area contributed by atoms with Crippen LogP contribution in [0.15, 0.2) is 72.8 Å². The third kappa shape index (κ3) is 3.55. The Morgan fingerprint density at radius 2 is 1.67 bits per heavy atom. The van der Waals surface area contributed by atoms with Crippen LogP contribution < -0.4 is 10.1 Å². The highest BCUT2D eigenvalue weighted by atomic mass is 35.5. The van der Waals surface area contributed by atoms with Gasteiger partial charge in [0.25, 0.3) is 0 Å². The highest BCUT2D eigenvalue weighted by Gasteiger charge is 2.14. The van der Waals surface area contributed by atoms with Crippen molar-refractivity contribution in [1.29, 1.82) is 0 Å². The maximum Gasteiger partial charge on any atom is 0.160 e. The van der Waals surface area contributed by atoms with Crippen molar-refractivity contribution in [3.63, 3.8) is 0 Å². The summed E-state index contributed by atoms with van der Waals surface area (Å²) in [4.78, 5) is 13.1. The first-order valence-electron chi connectivity index (χ1n) is 9.48. The van der Waals surface area contributed by atoms with E-state index in [1.54, 1.807) is 7.11 Å². The summed E-state index contributed by atoms with van der Waals surface area (Å²) in [7, 11) is 1.67. The van der Waals surface area contributed by atoms with Crippen LogP contribution in [-0.2, 0) is 0 Å². The largest absolute Gasteiger partial charge is 0.497 e. The zero-order valence-corrected chi connectivity index (χ0v) is 17.5. The quantitative estimate of drug-likeness (QED) is 0.363. The summed E-state index contributed by atoms with van der Waals surface area (Å²) in [5.74, 6) is 1.57. The van der Waals surface area contributed by atoms with E-state index in [1.807, 2.05) is 60.7 Å². The monoisotopic (exact) mass is 416 g/mol. The fourth-order valence-corrected chi connectivity index (χ4v) is 3.59. The fraction of sp³-hybridized carbons (Fsp3) is 0.0833. The Balaban J connectivity index is 0.00000218. The van der Waals surface area contributed by atoms with Crippen LogP contribution in [0, 0.1) is 6.92 Å². The van der Waals surface area contributed by atoms with E-state index >= 15 is 0 Å². The Morgan fingerprint density at radius 3 is 2.40 bits per heavy atom. The minimum absolute atomic E-state index is 0. The van der Waals surface area contributed by atoms with E-state index in [2.05, 4.69) is 29.4 Å². The van der Waals surface area contributed by atoms with E-state index in [-0.39, 0.29) is 12.4 Å². The maximum absolute atomic E-state index is 5.26. The van der Waals surface area contributed by atoms with Crippen molar-refractivity contribution >= 4 is 45.7 Å². The molecule has 0 spiro atoms. The van der Waals surface area contributed by atoms with Gasteiger partial charge in [-0.15, -0.1) is 12.4 Å². The van der Waals surface area contributed by atoms with Crippen molar-refractivity contribution in [2.45, 2.75) is 6.92 Å². The van der Waals surface area contributed by atoms with Gasteiger partial charge in [0.1, 0.15) is 11.3 Å². The number of rotatable bonds is 4. The molecule has 0 amide bonds. The number of halogens is 1. The third-order valence-corrected chi connectivity index (χ3v) is 4.96. The second-order valence-corrected chi connectivity index (χ2v) is 6.99. The molecule has 5 nitrogen and oxygen atoms in total. The number of aryl methyl sites for hydroxylation is 1. The molecule has 30 heavy (non-hydrogen) atoms. The van der Waals surface area contributed by atoms with Gasteiger partial charge in [0.2, 0.25) is 0 Å². The molecule has 0 aliphatic rings. The van der Waals surface area contributed by atoms with Gasteiger partial charge in [0.05, 0.1) is 18.3 Å². The number of nitrogens with zero attached hydrogens (tertiary/aromatic N) is 2. The van der Waals surface area contributed by atoms with E-state index in [0.717, 1.165) is 56.1 Å². The molecule has 0 aliphatic carbocycles. The van der Waals surface area contributed by atoms with Crippen LogP contribution in [0.1, 0.15) is 5.69 Å². The third-order valence-electron chi connectivity index (χ3n) is 4.96. The van der Waals surface area contributed by atoms with Crippen molar-refractivity contribution in [1.82, 2.24) is 15.0 Å². The smallest absolute Gasteiger partial charge is 0.160 e. The highest BCUT2D eigenvalue weighted by Crippen LogP contribution is 2.33. The van der Waals surface area contributed by atoms with Crippen molar-refractivity contribution in [3.05, 3.63) is 78.5 Å². The fourth-order valence-electron chi connectivity index (χ4n) is 3.59. The van der Waals surface area contributed by atoms with Crippen LogP contribution in [0.25, 0.3) is 33.3 Å². The summed E-state index contributed by atoms with van der Waals surface area (Å²) in [6.45, 7) is 2.05. The zero-order chi connectivity index (χ0) is 19.8. The maximum atomic E-state index is 5.26. The Hall–Kier alpha value is -3.57. The number of pyridine rings is 1. The van der Waals surface area contributed by atoms with Crippen LogP contribution in [0.5, 0.6) is 5.75 Å². The molecule has 5 aromatic rings. The van der Waals surface area contributed by atoms with Crippen LogP contribution in [0.2, 0.25) is 0 Å². The number of methoxy groups -OCH3 is 1. The van der Waals surface area contributed by atoms with Gasteiger partial charge in [-0.05, 0) is 49.4 Å². The van der Waals surface area contributed by atoms with Crippen molar-refractivity contribution in [2.24, 2.45) is 0 Å². The number of aromatic amines is 1. The Kier molecular flexibility index (Phi) is 5.29. The average Bonchev–Trinajstić information content (AvgIpc) is 3.19. The Morgan fingerprint density at radius 1 is 0.900 bits per heavy atom. The molecule has 150 valence electrons. The molecule has 2 N–H and O–H groups in total. The molecule has 0 radical (unpaired) electrons. The number of fused-ring (bicyclic) bond motifs is 3. The predicted molar refractivity (Wildman–Crippen MR) is 125 cm³/mol. The minimum Gasteiger partial charge on any atom is -0.497 e. The molecule has 0 aliphatic heterocycles. The van der Waals surface area contributed by atoms with Gasteiger partial charge in [-0.3, -0.25) is 0 Å². The number of ether oxygens (including phenoxy) is 1. The van der Waals surface area contributed by atoms with Gasteiger partial charge in [-0.1, -0.05) is 30.3 Å². The molecule has 0 fully saturated rings. The molecular formula is C24H21ClN4O. The van der Waals surface area contributed by atoms with Crippen LogP contribution >= 0.6 is 12.4 Å². The number of nitrogens with one attached hydrogen (secondary N) is 2. The van der Waals surface area contributed by atoms with Crippen molar-refractivity contribution < 1.29 is 4.74 Å². The first kappa shape index (κ1) is 19.7. The number of hydrogen-bond acceptors (Lipinski definition) is 4. The van der Waals surface area contributed by atoms with Gasteiger partial charge in [-0.2, -0.15) is 0 Å². The van der Waals surface area contributed by atoms with E-state index in [4.69, 9.17) is 14.7 Å². The lowest BCUT2D eigenvalue weighted by atomic mass is 10.1. The van der Waals surface area contributed by atoms with Gasteiger partial charge in [0, 0.05) is 27.8 Å². The molecule has 2 heterocycles. The first-order chi connectivity index (χ1) is 14.2. The van der Waals surface area contributed by atoms with E-state index in [1.165, 1.54) is 0 Å². The summed E-state index contributed by atoms with van der Waals surface area (Å²) < 4.78 is 5.26. The average molecular weight is 417 g/mol. The van der Waals surface area contributed by atoms with Gasteiger partial charge in [0.15, 0.2) is 5.82 Å². The Bertz CT molecular complexity index is 1310. The van der Waals surface area contributed by atoms with E-state index in [0.29, 0.717) is 0 Å². The highest BCUT2D eigenvalue weighted by molar-refractivity contribution is 6.10. The number of H-pyrrole nitrogens is 1. The standard InChI is InChI=1S/C24H20N4O.ClH/c1-15-14-21(26-17-8-10-18(29-2)11-9-17)22-19(25-15)12-13-20-23(22)28-24(27-20)16-6-4-3-5-7-16;/h3-14,25-26H,1-2H3;1H. The molecule has 0 saturated carbocycles. The summed E-state index contributed by atoms with van der Waals surface area (Å²) in [6, 6.07) is 24.1. The number of aromatic nitrogens is 3.